The van der Waals surface area contributed by atoms with Crippen molar-refractivity contribution >= 4 is 11.6 Å². The first kappa shape index (κ1) is 11.9. The molecule has 0 radical (unpaired) electrons. The van der Waals surface area contributed by atoms with Crippen LogP contribution >= 0.6 is 11.6 Å². The Morgan fingerprint density at radius 3 is 2.00 bits per heavy atom. The molecule has 0 aliphatic heterocycles. The Hall–Kier alpha value is -1.14. The van der Waals surface area contributed by atoms with Crippen molar-refractivity contribution < 1.29 is 13.2 Å². The Morgan fingerprint density at radius 1 is 1.13 bits per heavy atom. The van der Waals surface area contributed by atoms with E-state index < -0.39 is 22.3 Å². The minimum absolute atomic E-state index is 0.0557. The van der Waals surface area contributed by atoms with E-state index in [0.29, 0.717) is 0 Å². The highest BCUT2D eigenvalue weighted by Crippen LogP contribution is 2.14. The molecular formula is C11H8ClF3. The molecule has 0 fully saturated rings. The molecule has 0 N–H and O–H groups in total. The van der Waals surface area contributed by atoms with Crippen molar-refractivity contribution in [3.8, 4) is 11.8 Å². The highest BCUT2D eigenvalue weighted by atomic mass is 35.5. The summed E-state index contributed by atoms with van der Waals surface area (Å²) in [5.74, 6) is 1.03. The quantitative estimate of drug-likeness (QED) is 0.365. The Balaban J connectivity index is 3.12. The van der Waals surface area contributed by atoms with Crippen LogP contribution in [0.4, 0.5) is 13.2 Å². The molecule has 80 valence electrons. The summed E-state index contributed by atoms with van der Waals surface area (Å²) in [6.07, 6.45) is 0. The van der Waals surface area contributed by atoms with E-state index in [1.54, 1.807) is 13.8 Å². The molecule has 0 spiro atoms. The number of benzene rings is 1. The minimum atomic E-state index is -1.49. The summed E-state index contributed by atoms with van der Waals surface area (Å²) >= 11 is 5.76. The van der Waals surface area contributed by atoms with Gasteiger partial charge in [0.05, 0.1) is 4.87 Å². The monoisotopic (exact) mass is 232 g/mol. The lowest BCUT2D eigenvalue weighted by Gasteiger charge is -2.03. The lowest BCUT2D eigenvalue weighted by molar-refractivity contribution is 0.446. The Bertz CT molecular complexity index is 412. The van der Waals surface area contributed by atoms with Gasteiger partial charge in [-0.1, -0.05) is 11.8 Å². The summed E-state index contributed by atoms with van der Waals surface area (Å²) in [7, 11) is 0. The average Bonchev–Trinajstić information content (AvgIpc) is 2.09. The van der Waals surface area contributed by atoms with Gasteiger partial charge in [-0.05, 0) is 26.0 Å². The van der Waals surface area contributed by atoms with Crippen LogP contribution in [0, 0.1) is 29.3 Å². The average molecular weight is 233 g/mol. The van der Waals surface area contributed by atoms with Crippen LogP contribution in [0.3, 0.4) is 0 Å². The number of rotatable bonds is 0. The molecule has 0 unspecified atom stereocenters. The first-order chi connectivity index (χ1) is 6.79. The third-order valence-electron chi connectivity index (χ3n) is 1.49. The van der Waals surface area contributed by atoms with E-state index in [-0.39, 0.29) is 5.56 Å². The van der Waals surface area contributed by atoms with Crippen molar-refractivity contribution in [2.75, 3.05) is 0 Å². The van der Waals surface area contributed by atoms with Gasteiger partial charge >= 0.3 is 0 Å². The van der Waals surface area contributed by atoms with Gasteiger partial charge in [0.15, 0.2) is 17.5 Å². The molecule has 1 aromatic rings. The number of halogens is 4. The molecule has 0 aliphatic rings. The molecule has 0 saturated heterocycles. The van der Waals surface area contributed by atoms with Crippen LogP contribution in [-0.4, -0.2) is 4.87 Å². The summed E-state index contributed by atoms with van der Waals surface area (Å²) in [6, 6.07) is 1.65. The molecule has 0 bridgehead atoms. The molecule has 0 amide bonds. The molecule has 15 heavy (non-hydrogen) atoms. The lowest BCUT2D eigenvalue weighted by Crippen LogP contribution is -2.04. The van der Waals surface area contributed by atoms with Gasteiger partial charge in [0.1, 0.15) is 0 Å². The van der Waals surface area contributed by atoms with Crippen LogP contribution in [0.5, 0.6) is 0 Å². The maximum Gasteiger partial charge on any atom is 0.194 e. The molecule has 0 nitrogen and oxygen atoms in total. The molecular weight excluding hydrogens is 225 g/mol. The van der Waals surface area contributed by atoms with Crippen molar-refractivity contribution in [2.24, 2.45) is 0 Å². The minimum Gasteiger partial charge on any atom is -0.204 e. The molecule has 0 saturated carbocycles. The van der Waals surface area contributed by atoms with Crippen molar-refractivity contribution in [1.29, 1.82) is 0 Å². The summed E-state index contributed by atoms with van der Waals surface area (Å²) in [5, 5.41) is 0. The van der Waals surface area contributed by atoms with E-state index in [1.807, 2.05) is 0 Å². The molecule has 1 rings (SSSR count). The Labute approximate surface area is 91.1 Å². The van der Waals surface area contributed by atoms with E-state index in [1.165, 1.54) is 0 Å². The zero-order chi connectivity index (χ0) is 11.6. The van der Waals surface area contributed by atoms with E-state index in [0.717, 1.165) is 12.1 Å². The van der Waals surface area contributed by atoms with Crippen LogP contribution < -0.4 is 0 Å². The fourth-order valence-electron chi connectivity index (χ4n) is 0.848. The molecule has 4 heteroatoms. The van der Waals surface area contributed by atoms with Crippen molar-refractivity contribution in [2.45, 2.75) is 18.7 Å². The van der Waals surface area contributed by atoms with Gasteiger partial charge in [-0.25, -0.2) is 13.2 Å². The van der Waals surface area contributed by atoms with E-state index >= 15 is 0 Å². The van der Waals surface area contributed by atoms with Crippen LogP contribution in [0.25, 0.3) is 0 Å². The van der Waals surface area contributed by atoms with Crippen LogP contribution in [0.2, 0.25) is 0 Å². The molecule has 0 aromatic heterocycles. The van der Waals surface area contributed by atoms with Crippen LogP contribution in [0.1, 0.15) is 19.4 Å². The zero-order valence-electron chi connectivity index (χ0n) is 8.17. The van der Waals surface area contributed by atoms with Gasteiger partial charge in [0.25, 0.3) is 0 Å². The van der Waals surface area contributed by atoms with Crippen molar-refractivity contribution in [1.82, 2.24) is 0 Å². The highest BCUT2D eigenvalue weighted by Gasteiger charge is 2.10. The second-order valence-corrected chi connectivity index (χ2v) is 4.42. The number of alkyl halides is 1. The van der Waals surface area contributed by atoms with Gasteiger partial charge in [-0.2, -0.15) is 0 Å². The normalized spacial score (nSPS) is 10.8. The Kier molecular flexibility index (Phi) is 3.31. The molecule has 0 aliphatic carbocycles. The molecule has 1 aromatic carbocycles. The summed E-state index contributed by atoms with van der Waals surface area (Å²) in [5.41, 5.74) is 0.0557. The maximum absolute atomic E-state index is 12.7. The first-order valence-corrected chi connectivity index (χ1v) is 4.54. The Morgan fingerprint density at radius 2 is 1.60 bits per heavy atom. The fourth-order valence-corrected chi connectivity index (χ4v) is 0.896. The number of hydrogen-bond donors (Lipinski definition) is 0. The summed E-state index contributed by atoms with van der Waals surface area (Å²) < 4.78 is 38.0. The third kappa shape index (κ3) is 3.49. The second kappa shape index (κ2) is 4.16. The van der Waals surface area contributed by atoms with Gasteiger partial charge in [-0.3, -0.25) is 0 Å². The topological polar surface area (TPSA) is 0 Å². The lowest BCUT2D eigenvalue weighted by atomic mass is 10.1. The molecule has 0 atom stereocenters. The highest BCUT2D eigenvalue weighted by molar-refractivity contribution is 6.25. The summed E-state index contributed by atoms with van der Waals surface area (Å²) in [4.78, 5) is -0.790. The van der Waals surface area contributed by atoms with E-state index in [4.69, 9.17) is 11.6 Å². The predicted octanol–water partition coefficient (Wildman–Crippen LogP) is 3.47. The first-order valence-electron chi connectivity index (χ1n) is 4.16. The standard InChI is InChI=1S/C11H8ClF3/c1-11(2,12)4-3-7-5-8(13)10(15)9(14)6-7/h5-6H,1-2H3. The number of hydrogen-bond acceptors (Lipinski definition) is 0. The summed E-state index contributed by atoms with van der Waals surface area (Å²) in [6.45, 7) is 3.27. The van der Waals surface area contributed by atoms with E-state index in [2.05, 4.69) is 11.8 Å². The van der Waals surface area contributed by atoms with Gasteiger partial charge < -0.3 is 0 Å². The van der Waals surface area contributed by atoms with Crippen LogP contribution in [-0.2, 0) is 0 Å². The largest absolute Gasteiger partial charge is 0.204 e. The predicted molar refractivity (Wildman–Crippen MR) is 53.1 cm³/mol. The van der Waals surface area contributed by atoms with Gasteiger partial charge in [-0.15, -0.1) is 11.6 Å². The van der Waals surface area contributed by atoms with Gasteiger partial charge in [0, 0.05) is 5.56 Å². The SMILES string of the molecule is CC(C)(Cl)C#Cc1cc(F)c(F)c(F)c1. The zero-order valence-corrected chi connectivity index (χ0v) is 8.92. The third-order valence-corrected chi connectivity index (χ3v) is 1.58. The fraction of sp³-hybridized carbons (Fsp3) is 0.273. The van der Waals surface area contributed by atoms with Crippen molar-refractivity contribution in [3.05, 3.63) is 35.1 Å². The second-order valence-electron chi connectivity index (χ2n) is 3.48. The van der Waals surface area contributed by atoms with E-state index in [9.17, 15) is 13.2 Å². The van der Waals surface area contributed by atoms with Crippen LogP contribution in [0.15, 0.2) is 12.1 Å². The van der Waals surface area contributed by atoms with Crippen molar-refractivity contribution in [3.63, 3.8) is 0 Å². The van der Waals surface area contributed by atoms with Gasteiger partial charge in [0.2, 0.25) is 0 Å². The smallest absolute Gasteiger partial charge is 0.194 e. The molecule has 0 heterocycles. The maximum atomic E-state index is 12.7.